The molecule has 45 heavy (non-hydrogen) atoms. The summed E-state index contributed by atoms with van der Waals surface area (Å²) >= 11 is 3.55. The molecule has 0 N–H and O–H groups in total. The molecule has 0 spiro atoms. The van der Waals surface area contributed by atoms with Crippen LogP contribution in [-0.2, 0) is 0 Å². The molecular weight excluding hydrogens is 593 g/mol. The summed E-state index contributed by atoms with van der Waals surface area (Å²) in [4.78, 5) is 25.5. The normalized spacial score (nSPS) is 12.0. The molecule has 10 aromatic rings. The Morgan fingerprint density at radius 3 is 1.91 bits per heavy atom. The molecule has 0 saturated carbocycles. The number of fused-ring (bicyclic) bond motifs is 12. The Hall–Kier alpha value is -5.57. The fourth-order valence-electron chi connectivity index (χ4n) is 6.51. The first-order valence-corrected chi connectivity index (χ1v) is 16.2. The van der Waals surface area contributed by atoms with Crippen molar-refractivity contribution in [1.29, 1.82) is 0 Å². The molecule has 0 amide bonds. The fraction of sp³-hybridized carbons (Fsp3) is 0. The van der Waals surface area contributed by atoms with Gasteiger partial charge in [-0.1, -0.05) is 97.1 Å². The van der Waals surface area contributed by atoms with Crippen LogP contribution in [0.3, 0.4) is 0 Å². The lowest BCUT2D eigenvalue weighted by Crippen LogP contribution is -2.06. The lowest BCUT2D eigenvalue weighted by atomic mass is 10.0. The van der Waals surface area contributed by atoms with Crippen LogP contribution in [0.15, 0.2) is 122 Å². The van der Waals surface area contributed by atoms with Crippen molar-refractivity contribution in [2.45, 2.75) is 0 Å². The molecule has 0 fully saturated rings. The van der Waals surface area contributed by atoms with E-state index < -0.39 is 0 Å². The highest BCUT2D eigenvalue weighted by Crippen LogP contribution is 2.51. The molecule has 0 bridgehead atoms. The molecule has 0 unspecified atom stereocenters. The monoisotopic (exact) mass is 612 g/mol. The van der Waals surface area contributed by atoms with Gasteiger partial charge in [0.05, 0.1) is 11.0 Å². The molecule has 0 saturated heterocycles. The van der Waals surface area contributed by atoms with Gasteiger partial charge in [-0.25, -0.2) is 15.0 Å². The van der Waals surface area contributed by atoms with Crippen LogP contribution in [0.1, 0.15) is 0 Å². The van der Waals surface area contributed by atoms with Crippen molar-refractivity contribution in [2.24, 2.45) is 0 Å². The molecule has 5 aromatic carbocycles. The van der Waals surface area contributed by atoms with Gasteiger partial charge in [-0.05, 0) is 12.1 Å². The average Bonchev–Trinajstić information content (AvgIpc) is 3.78. The molecule has 10 rings (SSSR count). The molecule has 8 heteroatoms. The van der Waals surface area contributed by atoms with E-state index in [1.165, 1.54) is 35.6 Å². The maximum absolute atomic E-state index is 5.19. The number of hydrogen-bond acceptors (Lipinski definition) is 7. The highest BCUT2D eigenvalue weighted by molar-refractivity contribution is 7.30. The van der Waals surface area contributed by atoms with Gasteiger partial charge in [-0.3, -0.25) is 4.57 Å². The molecule has 0 radical (unpaired) electrons. The van der Waals surface area contributed by atoms with Gasteiger partial charge in [0.15, 0.2) is 11.6 Å². The second-order valence-electron chi connectivity index (χ2n) is 10.9. The van der Waals surface area contributed by atoms with Crippen molar-refractivity contribution in [2.75, 3.05) is 0 Å². The number of para-hydroxylation sites is 1. The number of benzene rings is 5. The average molecular weight is 613 g/mol. The maximum Gasteiger partial charge on any atom is 0.238 e. The summed E-state index contributed by atoms with van der Waals surface area (Å²) in [6, 6.07) is 37.5. The quantitative estimate of drug-likeness (QED) is 0.199. The van der Waals surface area contributed by atoms with Crippen LogP contribution in [0.25, 0.3) is 91.0 Å². The van der Waals surface area contributed by atoms with Gasteiger partial charge in [0.25, 0.3) is 0 Å². The van der Waals surface area contributed by atoms with Gasteiger partial charge in [-0.2, -0.15) is 9.97 Å². The Balaban J connectivity index is 1.45. The van der Waals surface area contributed by atoms with Crippen molar-refractivity contribution in [3.05, 3.63) is 122 Å². The van der Waals surface area contributed by atoms with E-state index in [4.69, 9.17) is 19.9 Å². The van der Waals surface area contributed by atoms with Crippen LogP contribution < -0.4 is 0 Å². The second kappa shape index (κ2) is 9.46. The smallest absolute Gasteiger partial charge is 0.238 e. The molecule has 0 aliphatic carbocycles. The zero-order valence-corrected chi connectivity index (χ0v) is 25.2. The fourth-order valence-corrected chi connectivity index (χ4v) is 9.03. The van der Waals surface area contributed by atoms with Crippen molar-refractivity contribution >= 4 is 85.0 Å². The summed E-state index contributed by atoms with van der Waals surface area (Å²) < 4.78 is 5.92. The van der Waals surface area contributed by atoms with Crippen LogP contribution in [0.2, 0.25) is 0 Å². The number of rotatable bonds is 3. The largest absolute Gasteiger partial charge is 0.277 e. The lowest BCUT2D eigenvalue weighted by Gasteiger charge is -2.11. The standard InChI is InChI=1S/C37H20N6S2/c1-3-11-21(12-4-1)34-40-35(22-13-5-2-6-14-22)42-37(41-34)43-26-17-9-7-15-23(26)28-31(43)29-24-16-8-10-18-27(24)44-32(29)30-25-19-38-20-39-36(25)45-33(28)30/h1-20H. The second-order valence-corrected chi connectivity index (χ2v) is 13.0. The summed E-state index contributed by atoms with van der Waals surface area (Å²) in [7, 11) is 0. The third-order valence-corrected chi connectivity index (χ3v) is 10.7. The number of thiophene rings is 2. The maximum atomic E-state index is 5.19. The van der Waals surface area contributed by atoms with Crippen molar-refractivity contribution < 1.29 is 0 Å². The van der Waals surface area contributed by atoms with Crippen molar-refractivity contribution in [3.8, 4) is 28.7 Å². The summed E-state index contributed by atoms with van der Waals surface area (Å²) in [6.45, 7) is 0. The summed E-state index contributed by atoms with van der Waals surface area (Å²) in [5.74, 6) is 1.86. The first-order chi connectivity index (χ1) is 22.3. The minimum absolute atomic E-state index is 0.589. The third kappa shape index (κ3) is 3.58. The minimum Gasteiger partial charge on any atom is -0.277 e. The highest BCUT2D eigenvalue weighted by Gasteiger charge is 2.26. The molecule has 5 heterocycles. The molecule has 0 aliphatic rings. The van der Waals surface area contributed by atoms with E-state index in [0.717, 1.165) is 37.8 Å². The number of nitrogens with zero attached hydrogens (tertiary/aromatic N) is 6. The van der Waals surface area contributed by atoms with Crippen LogP contribution in [0.5, 0.6) is 0 Å². The van der Waals surface area contributed by atoms with E-state index in [0.29, 0.717) is 17.6 Å². The van der Waals surface area contributed by atoms with Gasteiger partial charge in [0.1, 0.15) is 11.2 Å². The molecule has 5 aromatic heterocycles. The van der Waals surface area contributed by atoms with Crippen molar-refractivity contribution in [3.63, 3.8) is 0 Å². The van der Waals surface area contributed by atoms with E-state index >= 15 is 0 Å². The van der Waals surface area contributed by atoms with E-state index in [-0.39, 0.29) is 0 Å². The van der Waals surface area contributed by atoms with Crippen LogP contribution in [0.4, 0.5) is 0 Å². The Morgan fingerprint density at radius 2 is 1.16 bits per heavy atom. The number of aromatic nitrogens is 6. The van der Waals surface area contributed by atoms with E-state index in [1.54, 1.807) is 17.7 Å². The zero-order chi connectivity index (χ0) is 29.5. The van der Waals surface area contributed by atoms with Crippen LogP contribution >= 0.6 is 22.7 Å². The van der Waals surface area contributed by atoms with Gasteiger partial charge in [-0.15, -0.1) is 22.7 Å². The first kappa shape index (κ1) is 24.8. The topological polar surface area (TPSA) is 69.4 Å². The van der Waals surface area contributed by atoms with Gasteiger partial charge in [0.2, 0.25) is 5.95 Å². The molecule has 210 valence electrons. The van der Waals surface area contributed by atoms with Gasteiger partial charge >= 0.3 is 0 Å². The van der Waals surface area contributed by atoms with E-state index in [1.807, 2.05) is 78.2 Å². The van der Waals surface area contributed by atoms with Gasteiger partial charge < -0.3 is 0 Å². The summed E-state index contributed by atoms with van der Waals surface area (Å²) in [5, 5.41) is 7.05. The van der Waals surface area contributed by atoms with E-state index in [2.05, 4.69) is 58.1 Å². The SMILES string of the molecule is c1ccc(-c2nc(-c3ccccc3)nc(-n3c4ccccc4c4c5sc6ncncc6c5c5sc6ccccc6c5c43)n2)cc1. The summed E-state index contributed by atoms with van der Waals surface area (Å²) in [5.41, 5.74) is 4.02. The molecule has 0 aliphatic heterocycles. The molecular formula is C37H20N6S2. The zero-order valence-electron chi connectivity index (χ0n) is 23.5. The minimum atomic E-state index is 0.589. The predicted octanol–water partition coefficient (Wildman–Crippen LogP) is 9.83. The summed E-state index contributed by atoms with van der Waals surface area (Å²) in [6.07, 6.45) is 3.60. The highest BCUT2D eigenvalue weighted by atomic mass is 32.1. The number of hydrogen-bond donors (Lipinski definition) is 0. The third-order valence-electron chi connectivity index (χ3n) is 8.42. The van der Waals surface area contributed by atoms with Gasteiger partial charge in [0, 0.05) is 63.7 Å². The Labute approximate surface area is 263 Å². The Kier molecular flexibility index (Phi) is 5.22. The predicted molar refractivity (Wildman–Crippen MR) is 186 cm³/mol. The Morgan fingerprint density at radius 1 is 0.533 bits per heavy atom. The Bertz CT molecular complexity index is 2670. The first-order valence-electron chi connectivity index (χ1n) is 14.6. The van der Waals surface area contributed by atoms with Crippen LogP contribution in [0, 0.1) is 0 Å². The van der Waals surface area contributed by atoms with Crippen LogP contribution in [-0.4, -0.2) is 29.5 Å². The molecule has 6 nitrogen and oxygen atoms in total. The lowest BCUT2D eigenvalue weighted by molar-refractivity contribution is 0.955. The van der Waals surface area contributed by atoms with E-state index in [9.17, 15) is 0 Å². The molecule has 0 atom stereocenters. The van der Waals surface area contributed by atoms with Crippen molar-refractivity contribution in [1.82, 2.24) is 29.5 Å².